The highest BCUT2D eigenvalue weighted by molar-refractivity contribution is 14.0. The third-order valence-corrected chi connectivity index (χ3v) is 4.12. The Morgan fingerprint density at radius 2 is 2.09 bits per heavy atom. The number of hydrogen-bond donors (Lipinski definition) is 2. The molecule has 23 heavy (non-hydrogen) atoms. The molecular formula is C17H30IN5. The van der Waals surface area contributed by atoms with Crippen molar-refractivity contribution in [3.8, 4) is 0 Å². The number of nitrogens with zero attached hydrogens (tertiary/aromatic N) is 3. The monoisotopic (exact) mass is 431 g/mol. The lowest BCUT2D eigenvalue weighted by Crippen LogP contribution is -2.32. The summed E-state index contributed by atoms with van der Waals surface area (Å²) in [5.74, 6) is 0.500. The number of likely N-dealkylation sites (N-methyl/N-ethyl adjacent to an activating group) is 1. The Hall–Kier alpha value is -0.860. The molecule has 1 aliphatic heterocycles. The molecule has 0 radical (unpaired) electrons. The number of aryl methyl sites for hydroxylation is 1. The lowest BCUT2D eigenvalue weighted by Gasteiger charge is -2.18. The molecule has 0 spiro atoms. The molecule has 130 valence electrons. The van der Waals surface area contributed by atoms with Gasteiger partial charge in [-0.25, -0.2) is 0 Å². The predicted octanol–water partition coefficient (Wildman–Crippen LogP) is 2.23. The van der Waals surface area contributed by atoms with E-state index in [0.717, 1.165) is 44.8 Å². The average molecular weight is 431 g/mol. The van der Waals surface area contributed by atoms with Gasteiger partial charge < -0.3 is 20.9 Å². The number of rotatable bonds is 5. The summed E-state index contributed by atoms with van der Waals surface area (Å²) in [6.07, 6.45) is 2.26. The van der Waals surface area contributed by atoms with Gasteiger partial charge in [0, 0.05) is 25.3 Å². The number of aliphatic imine (C=N–C) groups is 1. The van der Waals surface area contributed by atoms with Gasteiger partial charge in [0.1, 0.15) is 0 Å². The SMILES string of the molecule is CCc1cccc(NC(N)=NCCN2CCCN(C)CC2)c1.I. The van der Waals surface area contributed by atoms with Crippen LogP contribution < -0.4 is 11.1 Å². The summed E-state index contributed by atoms with van der Waals surface area (Å²) >= 11 is 0. The van der Waals surface area contributed by atoms with Crippen molar-refractivity contribution in [1.82, 2.24) is 9.80 Å². The van der Waals surface area contributed by atoms with E-state index in [1.807, 2.05) is 12.1 Å². The van der Waals surface area contributed by atoms with Crippen LogP contribution in [0.25, 0.3) is 0 Å². The molecule has 5 nitrogen and oxygen atoms in total. The second-order valence-electron chi connectivity index (χ2n) is 5.94. The fourth-order valence-electron chi connectivity index (χ4n) is 2.69. The number of benzene rings is 1. The maximum atomic E-state index is 5.98. The Morgan fingerprint density at radius 1 is 1.26 bits per heavy atom. The number of hydrogen-bond acceptors (Lipinski definition) is 3. The van der Waals surface area contributed by atoms with Crippen LogP contribution in [0.1, 0.15) is 18.9 Å². The van der Waals surface area contributed by atoms with Gasteiger partial charge in [0.15, 0.2) is 5.96 Å². The second-order valence-corrected chi connectivity index (χ2v) is 5.94. The minimum absolute atomic E-state index is 0. The molecule has 0 aliphatic carbocycles. The molecule has 1 heterocycles. The Balaban J connectivity index is 0.00000264. The lowest BCUT2D eigenvalue weighted by molar-refractivity contribution is 0.283. The fraction of sp³-hybridized carbons (Fsp3) is 0.588. The quantitative estimate of drug-likeness (QED) is 0.427. The van der Waals surface area contributed by atoms with Gasteiger partial charge in [-0.2, -0.15) is 0 Å². The van der Waals surface area contributed by atoms with Gasteiger partial charge in [-0.3, -0.25) is 4.99 Å². The Morgan fingerprint density at radius 3 is 2.87 bits per heavy atom. The van der Waals surface area contributed by atoms with Crippen molar-refractivity contribution in [3.05, 3.63) is 29.8 Å². The van der Waals surface area contributed by atoms with Crippen LogP contribution in [0.4, 0.5) is 5.69 Å². The molecule has 0 amide bonds. The standard InChI is InChI=1S/C17H29N5.HI/c1-3-15-6-4-7-16(14-15)20-17(18)19-8-11-22-10-5-9-21(2)12-13-22;/h4,6-7,14H,3,5,8-13H2,1-2H3,(H3,18,19,20);1H. The summed E-state index contributed by atoms with van der Waals surface area (Å²) in [7, 11) is 2.19. The molecule has 2 rings (SSSR count). The summed E-state index contributed by atoms with van der Waals surface area (Å²) in [6.45, 7) is 8.48. The van der Waals surface area contributed by atoms with Gasteiger partial charge in [-0.15, -0.1) is 24.0 Å². The van der Waals surface area contributed by atoms with Crippen LogP contribution in [-0.2, 0) is 6.42 Å². The molecule has 3 N–H and O–H groups in total. The molecule has 1 saturated heterocycles. The third-order valence-electron chi connectivity index (χ3n) is 4.12. The van der Waals surface area contributed by atoms with Crippen LogP contribution in [0, 0.1) is 0 Å². The summed E-state index contributed by atoms with van der Waals surface area (Å²) in [6, 6.07) is 8.30. The zero-order chi connectivity index (χ0) is 15.8. The van der Waals surface area contributed by atoms with E-state index in [2.05, 4.69) is 46.2 Å². The van der Waals surface area contributed by atoms with E-state index >= 15 is 0 Å². The van der Waals surface area contributed by atoms with Gasteiger partial charge in [0.25, 0.3) is 0 Å². The number of halogens is 1. The zero-order valence-corrected chi connectivity index (χ0v) is 16.6. The average Bonchev–Trinajstić information content (AvgIpc) is 2.72. The molecule has 0 saturated carbocycles. The Bertz CT molecular complexity index is 492. The first-order valence-electron chi connectivity index (χ1n) is 8.24. The van der Waals surface area contributed by atoms with Gasteiger partial charge in [-0.1, -0.05) is 19.1 Å². The topological polar surface area (TPSA) is 56.9 Å². The van der Waals surface area contributed by atoms with E-state index in [-0.39, 0.29) is 24.0 Å². The van der Waals surface area contributed by atoms with E-state index in [4.69, 9.17) is 5.73 Å². The van der Waals surface area contributed by atoms with E-state index in [1.165, 1.54) is 18.5 Å². The molecule has 0 bridgehead atoms. The van der Waals surface area contributed by atoms with Gasteiger partial charge in [0.2, 0.25) is 0 Å². The highest BCUT2D eigenvalue weighted by Gasteiger charge is 2.11. The van der Waals surface area contributed by atoms with Crippen LogP contribution >= 0.6 is 24.0 Å². The number of guanidine groups is 1. The second kappa shape index (κ2) is 10.8. The molecule has 6 heteroatoms. The largest absolute Gasteiger partial charge is 0.370 e. The normalized spacial score (nSPS) is 17.4. The highest BCUT2D eigenvalue weighted by Crippen LogP contribution is 2.10. The zero-order valence-electron chi connectivity index (χ0n) is 14.3. The first-order chi connectivity index (χ1) is 10.7. The van der Waals surface area contributed by atoms with E-state index in [0.29, 0.717) is 5.96 Å². The highest BCUT2D eigenvalue weighted by atomic mass is 127. The van der Waals surface area contributed by atoms with Crippen molar-refractivity contribution in [1.29, 1.82) is 0 Å². The minimum atomic E-state index is 0. The van der Waals surface area contributed by atoms with Crippen molar-refractivity contribution in [2.75, 3.05) is 51.6 Å². The maximum absolute atomic E-state index is 5.98. The lowest BCUT2D eigenvalue weighted by atomic mass is 10.1. The Kier molecular flexibility index (Phi) is 9.50. The van der Waals surface area contributed by atoms with Crippen molar-refractivity contribution < 1.29 is 0 Å². The van der Waals surface area contributed by atoms with Crippen LogP contribution in [0.5, 0.6) is 0 Å². The first kappa shape index (κ1) is 20.2. The summed E-state index contributed by atoms with van der Waals surface area (Å²) in [4.78, 5) is 9.31. The Labute approximate surface area is 157 Å². The molecule has 1 aliphatic rings. The van der Waals surface area contributed by atoms with Gasteiger partial charge in [0.05, 0.1) is 6.54 Å². The molecule has 1 fully saturated rings. The molecule has 1 aromatic rings. The van der Waals surface area contributed by atoms with E-state index in [1.54, 1.807) is 0 Å². The van der Waals surface area contributed by atoms with Gasteiger partial charge in [-0.05, 0) is 50.7 Å². The third kappa shape index (κ3) is 7.50. The summed E-state index contributed by atoms with van der Waals surface area (Å²) in [5, 5.41) is 3.17. The van der Waals surface area contributed by atoms with Crippen LogP contribution in [0.15, 0.2) is 29.3 Å². The van der Waals surface area contributed by atoms with Crippen LogP contribution in [0.3, 0.4) is 0 Å². The molecule has 1 aromatic carbocycles. The molecule has 0 aromatic heterocycles. The van der Waals surface area contributed by atoms with Gasteiger partial charge >= 0.3 is 0 Å². The van der Waals surface area contributed by atoms with E-state index < -0.39 is 0 Å². The minimum Gasteiger partial charge on any atom is -0.370 e. The van der Waals surface area contributed by atoms with Crippen molar-refractivity contribution in [2.24, 2.45) is 10.7 Å². The van der Waals surface area contributed by atoms with Crippen molar-refractivity contribution in [2.45, 2.75) is 19.8 Å². The smallest absolute Gasteiger partial charge is 0.193 e. The number of nitrogens with two attached hydrogens (primary N) is 1. The number of anilines is 1. The first-order valence-corrected chi connectivity index (χ1v) is 8.24. The number of nitrogens with one attached hydrogen (secondary N) is 1. The van der Waals surface area contributed by atoms with Crippen molar-refractivity contribution in [3.63, 3.8) is 0 Å². The molecular weight excluding hydrogens is 401 g/mol. The predicted molar refractivity (Wildman–Crippen MR) is 110 cm³/mol. The maximum Gasteiger partial charge on any atom is 0.193 e. The van der Waals surface area contributed by atoms with Crippen molar-refractivity contribution >= 4 is 35.6 Å². The molecule has 0 unspecified atom stereocenters. The van der Waals surface area contributed by atoms with Crippen LogP contribution in [0.2, 0.25) is 0 Å². The summed E-state index contributed by atoms with van der Waals surface area (Å²) < 4.78 is 0. The summed E-state index contributed by atoms with van der Waals surface area (Å²) in [5.41, 5.74) is 8.29. The van der Waals surface area contributed by atoms with E-state index in [9.17, 15) is 0 Å². The molecule has 0 atom stereocenters. The fourth-order valence-corrected chi connectivity index (χ4v) is 2.69. The van der Waals surface area contributed by atoms with Crippen LogP contribution in [-0.4, -0.2) is 62.1 Å².